The molecule has 0 saturated heterocycles. The minimum atomic E-state index is -0.187. The van der Waals surface area contributed by atoms with Crippen molar-refractivity contribution in [3.8, 4) is 0 Å². The fourth-order valence-corrected chi connectivity index (χ4v) is 3.56. The van der Waals surface area contributed by atoms with Crippen molar-refractivity contribution < 1.29 is 4.39 Å². The van der Waals surface area contributed by atoms with E-state index in [0.29, 0.717) is 18.7 Å². The van der Waals surface area contributed by atoms with Gasteiger partial charge in [-0.2, -0.15) is 0 Å². The molecule has 21 heavy (non-hydrogen) atoms. The standard InChI is InChI=1S/C16H20BrFN2S/c1-3-13(19)8-12-5-4-6-14(18)16(12)20(2)9-11-7-15(17)21-10-11/h4-7,10,13H,3,8-9,19H2,1-2H3. The lowest BCUT2D eigenvalue weighted by molar-refractivity contribution is 0.609. The normalized spacial score (nSPS) is 12.4. The Morgan fingerprint density at radius 1 is 1.43 bits per heavy atom. The van der Waals surface area contributed by atoms with Gasteiger partial charge in [0.1, 0.15) is 5.82 Å². The van der Waals surface area contributed by atoms with Crippen LogP contribution in [0.2, 0.25) is 0 Å². The number of halogens is 2. The van der Waals surface area contributed by atoms with E-state index in [1.54, 1.807) is 17.4 Å². The molecule has 2 N–H and O–H groups in total. The lowest BCUT2D eigenvalue weighted by Gasteiger charge is -2.24. The number of para-hydroxylation sites is 1. The average molecular weight is 371 g/mol. The first-order valence-electron chi connectivity index (χ1n) is 6.98. The Bertz CT molecular complexity index is 600. The van der Waals surface area contributed by atoms with Crippen LogP contribution in [0, 0.1) is 5.82 Å². The van der Waals surface area contributed by atoms with Crippen LogP contribution in [0.1, 0.15) is 24.5 Å². The molecule has 1 atom stereocenters. The van der Waals surface area contributed by atoms with E-state index in [-0.39, 0.29) is 11.9 Å². The molecule has 2 aromatic rings. The smallest absolute Gasteiger partial charge is 0.146 e. The first kappa shape index (κ1) is 16.5. The Hall–Kier alpha value is -0.910. The van der Waals surface area contributed by atoms with Gasteiger partial charge in [-0.1, -0.05) is 19.1 Å². The van der Waals surface area contributed by atoms with Crippen LogP contribution in [0.5, 0.6) is 0 Å². The summed E-state index contributed by atoms with van der Waals surface area (Å²) in [5.41, 5.74) is 8.83. The van der Waals surface area contributed by atoms with Gasteiger partial charge in [0.15, 0.2) is 0 Å². The highest BCUT2D eigenvalue weighted by Gasteiger charge is 2.15. The van der Waals surface area contributed by atoms with Crippen LogP contribution in [0.4, 0.5) is 10.1 Å². The van der Waals surface area contributed by atoms with E-state index in [9.17, 15) is 4.39 Å². The van der Waals surface area contributed by atoms with Gasteiger partial charge in [-0.25, -0.2) is 4.39 Å². The number of hydrogen-bond donors (Lipinski definition) is 1. The van der Waals surface area contributed by atoms with Crippen LogP contribution in [0.25, 0.3) is 0 Å². The van der Waals surface area contributed by atoms with Gasteiger partial charge in [0.05, 0.1) is 9.47 Å². The molecule has 0 radical (unpaired) electrons. The summed E-state index contributed by atoms with van der Waals surface area (Å²) < 4.78 is 15.4. The van der Waals surface area contributed by atoms with E-state index in [1.807, 2.05) is 18.0 Å². The summed E-state index contributed by atoms with van der Waals surface area (Å²) in [6.07, 6.45) is 1.58. The molecule has 5 heteroatoms. The Balaban J connectivity index is 2.24. The van der Waals surface area contributed by atoms with Crippen molar-refractivity contribution in [3.63, 3.8) is 0 Å². The number of hydrogen-bond acceptors (Lipinski definition) is 3. The Morgan fingerprint density at radius 2 is 2.19 bits per heavy atom. The summed E-state index contributed by atoms with van der Waals surface area (Å²) >= 11 is 5.10. The molecule has 0 amide bonds. The highest BCUT2D eigenvalue weighted by Crippen LogP contribution is 2.28. The molecule has 114 valence electrons. The molecule has 2 nitrogen and oxygen atoms in total. The van der Waals surface area contributed by atoms with Crippen molar-refractivity contribution in [2.24, 2.45) is 5.73 Å². The number of benzene rings is 1. The van der Waals surface area contributed by atoms with Gasteiger partial charge in [-0.05, 0) is 57.4 Å². The number of anilines is 1. The summed E-state index contributed by atoms with van der Waals surface area (Å²) in [7, 11) is 1.92. The first-order valence-corrected chi connectivity index (χ1v) is 8.65. The maximum atomic E-state index is 14.3. The second-order valence-electron chi connectivity index (χ2n) is 5.24. The third-order valence-corrected chi connectivity index (χ3v) is 5.05. The molecule has 1 aromatic carbocycles. The minimum absolute atomic E-state index is 0.0641. The van der Waals surface area contributed by atoms with Crippen molar-refractivity contribution in [1.29, 1.82) is 0 Å². The largest absolute Gasteiger partial charge is 0.368 e. The van der Waals surface area contributed by atoms with Crippen LogP contribution in [0.3, 0.4) is 0 Å². The molecule has 0 aliphatic heterocycles. The lowest BCUT2D eigenvalue weighted by Crippen LogP contribution is -2.25. The number of rotatable bonds is 6. The molecule has 0 saturated carbocycles. The highest BCUT2D eigenvalue weighted by molar-refractivity contribution is 9.11. The topological polar surface area (TPSA) is 29.3 Å². The van der Waals surface area contributed by atoms with Crippen molar-refractivity contribution in [1.82, 2.24) is 0 Å². The number of thiophene rings is 1. The van der Waals surface area contributed by atoms with Crippen LogP contribution < -0.4 is 10.6 Å². The quantitative estimate of drug-likeness (QED) is 0.806. The van der Waals surface area contributed by atoms with E-state index in [2.05, 4.69) is 34.3 Å². The Morgan fingerprint density at radius 3 is 2.81 bits per heavy atom. The first-order chi connectivity index (χ1) is 10.0. The fourth-order valence-electron chi connectivity index (χ4n) is 2.36. The maximum Gasteiger partial charge on any atom is 0.146 e. The zero-order chi connectivity index (χ0) is 15.4. The molecule has 0 aliphatic carbocycles. The van der Waals surface area contributed by atoms with E-state index >= 15 is 0 Å². The van der Waals surface area contributed by atoms with Crippen molar-refractivity contribution in [2.75, 3.05) is 11.9 Å². The molecular weight excluding hydrogens is 351 g/mol. The number of nitrogens with two attached hydrogens (primary N) is 1. The lowest BCUT2D eigenvalue weighted by atomic mass is 10.0. The SMILES string of the molecule is CCC(N)Cc1cccc(F)c1N(C)Cc1csc(Br)c1. The van der Waals surface area contributed by atoms with Gasteiger partial charge in [-0.3, -0.25) is 0 Å². The minimum Gasteiger partial charge on any atom is -0.368 e. The summed E-state index contributed by atoms with van der Waals surface area (Å²) in [4.78, 5) is 1.96. The van der Waals surface area contributed by atoms with Gasteiger partial charge < -0.3 is 10.6 Å². The molecule has 1 aromatic heterocycles. The van der Waals surface area contributed by atoms with Crippen LogP contribution in [0.15, 0.2) is 33.4 Å². The predicted octanol–water partition coefficient (Wildman–Crippen LogP) is 4.57. The van der Waals surface area contributed by atoms with Gasteiger partial charge >= 0.3 is 0 Å². The molecule has 2 rings (SSSR count). The van der Waals surface area contributed by atoms with Crippen LogP contribution >= 0.6 is 27.3 Å². The van der Waals surface area contributed by atoms with Crippen molar-refractivity contribution in [3.05, 3.63) is 50.4 Å². The van der Waals surface area contributed by atoms with Gasteiger partial charge in [0, 0.05) is 19.6 Å². The second kappa shape index (κ2) is 7.38. The van der Waals surface area contributed by atoms with Crippen LogP contribution in [-0.2, 0) is 13.0 Å². The zero-order valence-electron chi connectivity index (χ0n) is 12.3. The Labute approximate surface area is 137 Å². The molecule has 1 heterocycles. The maximum absolute atomic E-state index is 14.3. The van der Waals surface area contributed by atoms with Crippen LogP contribution in [-0.4, -0.2) is 13.1 Å². The monoisotopic (exact) mass is 370 g/mol. The summed E-state index contributed by atoms with van der Waals surface area (Å²) in [5.74, 6) is -0.187. The third kappa shape index (κ3) is 4.28. The fraction of sp³-hybridized carbons (Fsp3) is 0.375. The zero-order valence-corrected chi connectivity index (χ0v) is 14.7. The number of nitrogens with zero attached hydrogens (tertiary/aromatic N) is 1. The van der Waals surface area contributed by atoms with E-state index in [0.717, 1.165) is 15.8 Å². The summed E-state index contributed by atoms with van der Waals surface area (Å²) in [6.45, 7) is 2.73. The van der Waals surface area contributed by atoms with E-state index in [1.165, 1.54) is 11.6 Å². The van der Waals surface area contributed by atoms with Crippen molar-refractivity contribution >= 4 is 33.0 Å². The molecule has 1 unspecified atom stereocenters. The molecule has 0 spiro atoms. The van der Waals surface area contributed by atoms with Gasteiger partial charge in [0.25, 0.3) is 0 Å². The highest BCUT2D eigenvalue weighted by atomic mass is 79.9. The van der Waals surface area contributed by atoms with E-state index in [4.69, 9.17) is 5.73 Å². The molecule has 0 fully saturated rings. The summed E-state index contributed by atoms with van der Waals surface area (Å²) in [6, 6.07) is 7.37. The van der Waals surface area contributed by atoms with E-state index < -0.39 is 0 Å². The third-order valence-electron chi connectivity index (χ3n) is 3.50. The second-order valence-corrected chi connectivity index (χ2v) is 7.53. The molecular formula is C16H20BrFN2S. The average Bonchev–Trinajstić information content (AvgIpc) is 2.83. The molecule has 0 bridgehead atoms. The van der Waals surface area contributed by atoms with Crippen molar-refractivity contribution in [2.45, 2.75) is 32.4 Å². The summed E-state index contributed by atoms with van der Waals surface area (Å²) in [5, 5.41) is 2.08. The molecule has 0 aliphatic rings. The van der Waals surface area contributed by atoms with Gasteiger partial charge in [0.2, 0.25) is 0 Å². The predicted molar refractivity (Wildman–Crippen MR) is 92.5 cm³/mol. The Kier molecular flexibility index (Phi) is 5.79. The van der Waals surface area contributed by atoms with Gasteiger partial charge in [-0.15, -0.1) is 11.3 Å².